The Morgan fingerprint density at radius 2 is 1.81 bits per heavy atom. The molecule has 1 saturated heterocycles. The molecule has 26 heavy (non-hydrogen) atoms. The summed E-state index contributed by atoms with van der Waals surface area (Å²) >= 11 is 0. The van der Waals surface area contributed by atoms with E-state index >= 15 is 0 Å². The van der Waals surface area contributed by atoms with Crippen LogP contribution in [0.3, 0.4) is 0 Å². The van der Waals surface area contributed by atoms with Gasteiger partial charge in [0.1, 0.15) is 0 Å². The second-order valence-corrected chi connectivity index (χ2v) is 7.45. The van der Waals surface area contributed by atoms with Crippen LogP contribution >= 0.6 is 0 Å². The highest BCUT2D eigenvalue weighted by Gasteiger charge is 2.59. The third kappa shape index (κ3) is 2.87. The van der Waals surface area contributed by atoms with Gasteiger partial charge in [-0.05, 0) is 43.7 Å². The quantitative estimate of drug-likeness (QED) is 0.921. The number of amides is 1. The summed E-state index contributed by atoms with van der Waals surface area (Å²) in [6.07, 6.45) is 2.32. The Hall–Kier alpha value is -2.69. The van der Waals surface area contributed by atoms with Crippen LogP contribution in [0.1, 0.15) is 35.3 Å². The normalized spacial score (nSPS) is 20.8. The number of hydrogen-bond donors (Lipinski definition) is 1. The molecule has 1 spiro atoms. The fraction of sp³-hybridized carbons (Fsp3) is 0.381. The predicted molar refractivity (Wildman–Crippen MR) is 97.7 cm³/mol. The lowest BCUT2D eigenvalue weighted by molar-refractivity contribution is -0.139. The van der Waals surface area contributed by atoms with Crippen LogP contribution in [0.25, 0.3) is 11.3 Å². The van der Waals surface area contributed by atoms with Gasteiger partial charge in [0, 0.05) is 18.7 Å². The molecule has 1 amide bonds. The van der Waals surface area contributed by atoms with Crippen molar-refractivity contribution in [1.29, 1.82) is 0 Å². The molecule has 1 aliphatic carbocycles. The number of likely N-dealkylation sites (tertiary alicyclic amines) is 1. The molecule has 2 aliphatic rings. The highest BCUT2D eigenvalue weighted by atomic mass is 16.4. The Labute approximate surface area is 152 Å². The molecule has 2 fully saturated rings. The summed E-state index contributed by atoms with van der Waals surface area (Å²) in [5, 5.41) is 9.19. The zero-order valence-corrected chi connectivity index (χ0v) is 14.8. The molecule has 1 aliphatic heterocycles. The van der Waals surface area contributed by atoms with E-state index in [0.29, 0.717) is 18.7 Å². The zero-order valence-electron chi connectivity index (χ0n) is 14.8. The number of carbonyl (C=O) groups is 2. The third-order valence-corrected chi connectivity index (χ3v) is 5.92. The summed E-state index contributed by atoms with van der Waals surface area (Å²) < 4.78 is 0. The van der Waals surface area contributed by atoms with Gasteiger partial charge in [-0.1, -0.05) is 30.3 Å². The summed E-state index contributed by atoms with van der Waals surface area (Å²) in [6, 6.07) is 13.7. The van der Waals surface area contributed by atoms with Crippen molar-refractivity contribution in [3.8, 4) is 11.3 Å². The molecule has 1 atom stereocenters. The smallest absolute Gasteiger partial charge is 0.307 e. The maximum absolute atomic E-state index is 12.9. The number of benzene rings is 1. The summed E-state index contributed by atoms with van der Waals surface area (Å²) in [5.74, 6) is -0.911. The molecule has 0 bridgehead atoms. The summed E-state index contributed by atoms with van der Waals surface area (Å²) in [6.45, 7) is 3.12. The maximum atomic E-state index is 12.9. The first-order valence-corrected chi connectivity index (χ1v) is 9.05. The number of aryl methyl sites for hydroxylation is 1. The molecule has 2 heterocycles. The van der Waals surface area contributed by atoms with Crippen molar-refractivity contribution in [2.45, 2.75) is 26.2 Å². The standard InChI is InChI=1S/C21H22N2O3/c1-14-16(7-8-18(22-14)15-5-3-2-4-6-15)19(24)23-11-9-21(10-12-23)13-17(21)20(25)26/h2-8,17H,9-13H2,1H3,(H,25,26). The minimum Gasteiger partial charge on any atom is -0.481 e. The first-order valence-electron chi connectivity index (χ1n) is 9.05. The van der Waals surface area contributed by atoms with Crippen LogP contribution in [0.15, 0.2) is 42.5 Å². The van der Waals surface area contributed by atoms with E-state index in [-0.39, 0.29) is 17.2 Å². The minimum absolute atomic E-state index is 0.00279. The summed E-state index contributed by atoms with van der Waals surface area (Å²) in [5.41, 5.74) is 3.19. The second-order valence-electron chi connectivity index (χ2n) is 7.45. The van der Waals surface area contributed by atoms with Gasteiger partial charge in [-0.15, -0.1) is 0 Å². The van der Waals surface area contributed by atoms with Crippen molar-refractivity contribution < 1.29 is 14.7 Å². The Bertz CT molecular complexity index is 855. The Kier molecular flexibility index (Phi) is 4.02. The molecular weight excluding hydrogens is 328 g/mol. The molecule has 0 radical (unpaired) electrons. The number of carboxylic acid groups (broad SMARTS) is 1. The van der Waals surface area contributed by atoms with Gasteiger partial charge in [-0.2, -0.15) is 0 Å². The fourth-order valence-electron chi connectivity index (χ4n) is 4.13. The monoisotopic (exact) mass is 350 g/mol. The van der Waals surface area contributed by atoms with Crippen molar-refractivity contribution in [3.63, 3.8) is 0 Å². The van der Waals surface area contributed by atoms with Crippen LogP contribution < -0.4 is 0 Å². The minimum atomic E-state index is -0.693. The van der Waals surface area contributed by atoms with Gasteiger partial charge in [-0.3, -0.25) is 14.6 Å². The Morgan fingerprint density at radius 1 is 1.12 bits per heavy atom. The molecule has 4 rings (SSSR count). The lowest BCUT2D eigenvalue weighted by Crippen LogP contribution is -2.40. The van der Waals surface area contributed by atoms with Crippen LogP contribution in [-0.2, 0) is 4.79 Å². The first kappa shape index (κ1) is 16.8. The van der Waals surface area contributed by atoms with Gasteiger partial charge < -0.3 is 10.0 Å². The molecule has 2 aromatic rings. The molecular formula is C21H22N2O3. The van der Waals surface area contributed by atoms with Crippen LogP contribution in [0, 0.1) is 18.3 Å². The van der Waals surface area contributed by atoms with E-state index in [2.05, 4.69) is 4.98 Å². The lowest BCUT2D eigenvalue weighted by Gasteiger charge is -2.33. The van der Waals surface area contributed by atoms with Gasteiger partial charge in [0.2, 0.25) is 0 Å². The molecule has 5 heteroatoms. The van der Waals surface area contributed by atoms with E-state index in [1.807, 2.05) is 54.3 Å². The van der Waals surface area contributed by atoms with Gasteiger partial charge in [-0.25, -0.2) is 0 Å². The fourth-order valence-corrected chi connectivity index (χ4v) is 4.13. The third-order valence-electron chi connectivity index (χ3n) is 5.92. The zero-order chi connectivity index (χ0) is 18.3. The highest BCUT2D eigenvalue weighted by Crippen LogP contribution is 2.59. The van der Waals surface area contributed by atoms with Gasteiger partial charge >= 0.3 is 5.97 Å². The number of carboxylic acids is 1. The number of aliphatic carboxylic acids is 1. The van der Waals surface area contributed by atoms with E-state index in [0.717, 1.165) is 36.2 Å². The summed E-state index contributed by atoms with van der Waals surface area (Å²) in [4.78, 5) is 30.5. The van der Waals surface area contributed by atoms with E-state index in [1.54, 1.807) is 0 Å². The van der Waals surface area contributed by atoms with Crippen LogP contribution in [0.2, 0.25) is 0 Å². The molecule has 1 unspecified atom stereocenters. The first-order chi connectivity index (χ1) is 12.5. The number of pyridine rings is 1. The molecule has 1 aromatic carbocycles. The topological polar surface area (TPSA) is 70.5 Å². The van der Waals surface area contributed by atoms with E-state index in [9.17, 15) is 14.7 Å². The molecule has 134 valence electrons. The molecule has 1 saturated carbocycles. The van der Waals surface area contributed by atoms with Crippen molar-refractivity contribution in [3.05, 3.63) is 53.7 Å². The predicted octanol–water partition coefficient (Wildman–Crippen LogP) is 3.38. The van der Waals surface area contributed by atoms with E-state index in [1.165, 1.54) is 0 Å². The van der Waals surface area contributed by atoms with Crippen LogP contribution in [0.4, 0.5) is 0 Å². The maximum Gasteiger partial charge on any atom is 0.307 e. The van der Waals surface area contributed by atoms with Crippen molar-refractivity contribution in [2.75, 3.05) is 13.1 Å². The number of aromatic nitrogens is 1. The lowest BCUT2D eigenvalue weighted by atomic mass is 9.90. The van der Waals surface area contributed by atoms with Crippen LogP contribution in [-0.4, -0.2) is 40.0 Å². The number of hydrogen-bond acceptors (Lipinski definition) is 3. The Balaban J connectivity index is 1.47. The Morgan fingerprint density at radius 3 is 2.38 bits per heavy atom. The van der Waals surface area contributed by atoms with Crippen LogP contribution in [0.5, 0.6) is 0 Å². The van der Waals surface area contributed by atoms with Gasteiger partial charge in [0.05, 0.1) is 22.9 Å². The molecule has 1 N–H and O–H groups in total. The number of rotatable bonds is 3. The van der Waals surface area contributed by atoms with E-state index in [4.69, 9.17) is 0 Å². The SMILES string of the molecule is Cc1nc(-c2ccccc2)ccc1C(=O)N1CCC2(CC1)CC2C(=O)O. The van der Waals surface area contributed by atoms with Crippen molar-refractivity contribution in [1.82, 2.24) is 9.88 Å². The van der Waals surface area contributed by atoms with Crippen molar-refractivity contribution >= 4 is 11.9 Å². The van der Waals surface area contributed by atoms with Gasteiger partial charge in [0.25, 0.3) is 5.91 Å². The molecule has 1 aromatic heterocycles. The van der Waals surface area contributed by atoms with Crippen molar-refractivity contribution in [2.24, 2.45) is 11.3 Å². The summed E-state index contributed by atoms with van der Waals surface area (Å²) in [7, 11) is 0. The number of carbonyl (C=O) groups excluding carboxylic acids is 1. The number of nitrogens with zero attached hydrogens (tertiary/aromatic N) is 2. The largest absolute Gasteiger partial charge is 0.481 e. The second kappa shape index (κ2) is 6.24. The van der Waals surface area contributed by atoms with Gasteiger partial charge in [0.15, 0.2) is 0 Å². The average molecular weight is 350 g/mol. The van der Waals surface area contributed by atoms with E-state index < -0.39 is 5.97 Å². The highest BCUT2D eigenvalue weighted by molar-refractivity contribution is 5.95. The average Bonchev–Trinajstić information content (AvgIpc) is 3.36. The number of piperidine rings is 1. The molecule has 5 nitrogen and oxygen atoms in total.